The lowest BCUT2D eigenvalue weighted by atomic mass is 10.1. The predicted octanol–water partition coefficient (Wildman–Crippen LogP) is 2.99. The van der Waals surface area contributed by atoms with Crippen molar-refractivity contribution in [2.24, 2.45) is 0 Å². The summed E-state index contributed by atoms with van der Waals surface area (Å²) in [4.78, 5) is 2.36. The third kappa shape index (κ3) is 5.00. The van der Waals surface area contributed by atoms with Crippen LogP contribution in [0.25, 0.3) is 0 Å². The summed E-state index contributed by atoms with van der Waals surface area (Å²) in [6.45, 7) is 5.25. The van der Waals surface area contributed by atoms with Gasteiger partial charge >= 0.3 is 0 Å². The van der Waals surface area contributed by atoms with E-state index in [0.29, 0.717) is 0 Å². The zero-order valence-corrected chi connectivity index (χ0v) is 12.0. The maximum absolute atomic E-state index is 3.40. The molecule has 1 aromatic rings. The number of para-hydroxylation sites is 1. The highest BCUT2D eigenvalue weighted by molar-refractivity contribution is 7.98. The molecule has 0 saturated carbocycles. The van der Waals surface area contributed by atoms with Crippen molar-refractivity contribution < 1.29 is 0 Å². The SMILES string of the molecule is CCNCc1ccccc1N(C)CCCSC. The predicted molar refractivity (Wildman–Crippen MR) is 80.1 cm³/mol. The van der Waals surface area contributed by atoms with Crippen molar-refractivity contribution >= 4 is 17.4 Å². The van der Waals surface area contributed by atoms with Crippen molar-refractivity contribution in [2.75, 3.05) is 37.0 Å². The Labute approximate surface area is 110 Å². The van der Waals surface area contributed by atoms with Crippen LogP contribution in [-0.2, 0) is 6.54 Å². The highest BCUT2D eigenvalue weighted by atomic mass is 32.2. The topological polar surface area (TPSA) is 15.3 Å². The lowest BCUT2D eigenvalue weighted by Gasteiger charge is -2.22. The minimum Gasteiger partial charge on any atom is -0.374 e. The lowest BCUT2D eigenvalue weighted by molar-refractivity contribution is 0.722. The van der Waals surface area contributed by atoms with E-state index in [0.717, 1.165) is 19.6 Å². The van der Waals surface area contributed by atoms with Gasteiger partial charge in [-0.15, -0.1) is 0 Å². The summed E-state index contributed by atoms with van der Waals surface area (Å²) in [7, 11) is 2.19. The van der Waals surface area contributed by atoms with E-state index in [9.17, 15) is 0 Å². The number of hydrogen-bond acceptors (Lipinski definition) is 3. The second-order valence-electron chi connectivity index (χ2n) is 4.18. The molecule has 2 nitrogen and oxygen atoms in total. The Morgan fingerprint density at radius 2 is 2.06 bits per heavy atom. The fraction of sp³-hybridized carbons (Fsp3) is 0.571. The van der Waals surface area contributed by atoms with Crippen LogP contribution in [0, 0.1) is 0 Å². The maximum Gasteiger partial charge on any atom is 0.0409 e. The monoisotopic (exact) mass is 252 g/mol. The molecule has 0 bridgehead atoms. The smallest absolute Gasteiger partial charge is 0.0409 e. The second-order valence-corrected chi connectivity index (χ2v) is 5.16. The lowest BCUT2D eigenvalue weighted by Crippen LogP contribution is -2.22. The second kappa shape index (κ2) is 8.43. The van der Waals surface area contributed by atoms with E-state index >= 15 is 0 Å². The minimum absolute atomic E-state index is 0.958. The zero-order chi connectivity index (χ0) is 12.5. The highest BCUT2D eigenvalue weighted by Crippen LogP contribution is 2.19. The Kier molecular flexibility index (Phi) is 7.13. The Hall–Kier alpha value is -0.670. The van der Waals surface area contributed by atoms with Gasteiger partial charge in [-0.3, -0.25) is 0 Å². The molecule has 17 heavy (non-hydrogen) atoms. The van der Waals surface area contributed by atoms with Crippen molar-refractivity contribution in [3.05, 3.63) is 29.8 Å². The van der Waals surface area contributed by atoms with Gasteiger partial charge in [-0.05, 0) is 36.6 Å². The van der Waals surface area contributed by atoms with Crippen LogP contribution in [0.1, 0.15) is 18.9 Å². The first-order valence-corrected chi connectivity index (χ1v) is 7.67. The van der Waals surface area contributed by atoms with Crippen LogP contribution >= 0.6 is 11.8 Å². The van der Waals surface area contributed by atoms with Gasteiger partial charge in [-0.2, -0.15) is 11.8 Å². The number of nitrogens with zero attached hydrogens (tertiary/aromatic N) is 1. The van der Waals surface area contributed by atoms with Gasteiger partial charge in [0.05, 0.1) is 0 Å². The Morgan fingerprint density at radius 1 is 1.29 bits per heavy atom. The highest BCUT2D eigenvalue weighted by Gasteiger charge is 2.05. The summed E-state index contributed by atoms with van der Waals surface area (Å²) >= 11 is 1.92. The van der Waals surface area contributed by atoms with E-state index in [4.69, 9.17) is 0 Å². The van der Waals surface area contributed by atoms with Crippen LogP contribution in [-0.4, -0.2) is 32.1 Å². The third-order valence-corrected chi connectivity index (χ3v) is 3.51. The Bertz CT molecular complexity index is 315. The average molecular weight is 252 g/mol. The van der Waals surface area contributed by atoms with Crippen molar-refractivity contribution in [3.8, 4) is 0 Å². The van der Waals surface area contributed by atoms with Crippen LogP contribution in [0.15, 0.2) is 24.3 Å². The molecule has 96 valence electrons. The largest absolute Gasteiger partial charge is 0.374 e. The molecule has 0 amide bonds. The van der Waals surface area contributed by atoms with Crippen LogP contribution in [0.2, 0.25) is 0 Å². The van der Waals surface area contributed by atoms with Crippen molar-refractivity contribution in [1.29, 1.82) is 0 Å². The van der Waals surface area contributed by atoms with E-state index in [2.05, 4.69) is 54.7 Å². The molecule has 1 aromatic carbocycles. The van der Waals surface area contributed by atoms with Gasteiger partial charge in [0.2, 0.25) is 0 Å². The molecule has 0 atom stereocenters. The van der Waals surface area contributed by atoms with Crippen molar-refractivity contribution in [1.82, 2.24) is 5.32 Å². The molecule has 0 spiro atoms. The molecule has 0 unspecified atom stereocenters. The van der Waals surface area contributed by atoms with Gasteiger partial charge in [0.25, 0.3) is 0 Å². The van der Waals surface area contributed by atoms with Gasteiger partial charge in [-0.25, -0.2) is 0 Å². The minimum atomic E-state index is 0.958. The zero-order valence-electron chi connectivity index (χ0n) is 11.2. The molecule has 1 N–H and O–H groups in total. The van der Waals surface area contributed by atoms with E-state index in [-0.39, 0.29) is 0 Å². The summed E-state index contributed by atoms with van der Waals surface area (Å²) in [5, 5.41) is 3.40. The first-order chi connectivity index (χ1) is 8.29. The van der Waals surface area contributed by atoms with Crippen LogP contribution in [0.5, 0.6) is 0 Å². The molecule has 0 aliphatic heterocycles. The first kappa shape index (κ1) is 14.4. The standard InChI is InChI=1S/C14H24N2S/c1-4-15-12-13-8-5-6-9-14(13)16(2)10-7-11-17-3/h5-6,8-9,15H,4,7,10-12H2,1-3H3. The number of benzene rings is 1. The molecule has 0 saturated heterocycles. The summed E-state index contributed by atoms with van der Waals surface area (Å²) in [5.41, 5.74) is 2.75. The van der Waals surface area contributed by atoms with Crippen LogP contribution in [0.3, 0.4) is 0 Å². The fourth-order valence-corrected chi connectivity index (χ4v) is 2.28. The number of nitrogens with one attached hydrogen (secondary N) is 1. The van der Waals surface area contributed by atoms with E-state index in [1.165, 1.54) is 23.4 Å². The van der Waals surface area contributed by atoms with Crippen LogP contribution < -0.4 is 10.2 Å². The van der Waals surface area contributed by atoms with Crippen molar-refractivity contribution in [3.63, 3.8) is 0 Å². The van der Waals surface area contributed by atoms with E-state index < -0.39 is 0 Å². The molecule has 0 heterocycles. The Morgan fingerprint density at radius 3 is 2.76 bits per heavy atom. The molecule has 1 rings (SSSR count). The normalized spacial score (nSPS) is 10.5. The van der Waals surface area contributed by atoms with E-state index in [1.807, 2.05) is 11.8 Å². The quantitative estimate of drug-likeness (QED) is 0.716. The molecule has 0 radical (unpaired) electrons. The fourth-order valence-electron chi connectivity index (χ4n) is 1.86. The maximum atomic E-state index is 3.40. The average Bonchev–Trinajstić information content (AvgIpc) is 2.37. The van der Waals surface area contributed by atoms with Gasteiger partial charge < -0.3 is 10.2 Å². The summed E-state index contributed by atoms with van der Waals surface area (Å²) in [6, 6.07) is 8.66. The van der Waals surface area contributed by atoms with Crippen LogP contribution in [0.4, 0.5) is 5.69 Å². The molecule has 0 aliphatic carbocycles. The number of hydrogen-bond donors (Lipinski definition) is 1. The van der Waals surface area contributed by atoms with Gasteiger partial charge in [0, 0.05) is 25.8 Å². The molecular weight excluding hydrogens is 228 g/mol. The summed E-state index contributed by atoms with van der Waals surface area (Å²) < 4.78 is 0. The molecular formula is C14H24N2S. The summed E-state index contributed by atoms with van der Waals surface area (Å²) in [5.74, 6) is 1.24. The number of thioether (sulfide) groups is 1. The molecule has 3 heteroatoms. The first-order valence-electron chi connectivity index (χ1n) is 6.28. The molecule has 0 fully saturated rings. The van der Waals surface area contributed by atoms with E-state index in [1.54, 1.807) is 0 Å². The Balaban J connectivity index is 2.60. The van der Waals surface area contributed by atoms with Gasteiger partial charge in [0.1, 0.15) is 0 Å². The third-order valence-electron chi connectivity index (χ3n) is 2.81. The molecule has 0 aromatic heterocycles. The van der Waals surface area contributed by atoms with Crippen molar-refractivity contribution in [2.45, 2.75) is 19.9 Å². The van der Waals surface area contributed by atoms with Gasteiger partial charge in [-0.1, -0.05) is 25.1 Å². The van der Waals surface area contributed by atoms with Gasteiger partial charge in [0.15, 0.2) is 0 Å². The molecule has 0 aliphatic rings. The number of anilines is 1. The summed E-state index contributed by atoms with van der Waals surface area (Å²) in [6.07, 6.45) is 3.41. The number of rotatable bonds is 8.